The summed E-state index contributed by atoms with van der Waals surface area (Å²) in [5.41, 5.74) is 2.31. The molecule has 3 aromatic carbocycles. The molecule has 0 radical (unpaired) electrons. The van der Waals surface area contributed by atoms with Gasteiger partial charge in [-0.25, -0.2) is 4.98 Å². The highest BCUT2D eigenvalue weighted by atomic mass is 32.2. The lowest BCUT2D eigenvalue weighted by Crippen LogP contribution is -2.29. The Morgan fingerprint density at radius 1 is 1.12 bits per heavy atom. The summed E-state index contributed by atoms with van der Waals surface area (Å²) in [7, 11) is 0. The fourth-order valence-corrected chi connectivity index (χ4v) is 4.76. The van der Waals surface area contributed by atoms with E-state index in [9.17, 15) is 9.90 Å². The number of hydrogen-bond donors (Lipinski definition) is 2. The summed E-state index contributed by atoms with van der Waals surface area (Å²) in [5.74, 6) is 1.22. The Balaban J connectivity index is 1.27. The van der Waals surface area contributed by atoms with Gasteiger partial charge in [0.2, 0.25) is 5.91 Å². The van der Waals surface area contributed by atoms with Gasteiger partial charge in [-0.15, -0.1) is 11.3 Å². The van der Waals surface area contributed by atoms with Gasteiger partial charge in [0.15, 0.2) is 4.34 Å². The maximum atomic E-state index is 12.1. The van der Waals surface area contributed by atoms with Crippen LogP contribution in [0.15, 0.2) is 82.1 Å². The van der Waals surface area contributed by atoms with Gasteiger partial charge < -0.3 is 15.2 Å². The molecule has 0 bridgehead atoms. The summed E-state index contributed by atoms with van der Waals surface area (Å²) >= 11 is 2.94. The third kappa shape index (κ3) is 6.09. The summed E-state index contributed by atoms with van der Waals surface area (Å²) in [5, 5.41) is 12.7. The van der Waals surface area contributed by atoms with E-state index in [0.29, 0.717) is 24.5 Å². The molecule has 0 spiro atoms. The molecule has 1 aromatic heterocycles. The molecular formula is C24H21N3O3S2. The number of aromatic nitrogens is 1. The van der Waals surface area contributed by atoms with Crippen molar-refractivity contribution in [3.63, 3.8) is 0 Å². The van der Waals surface area contributed by atoms with Crippen LogP contribution in [-0.4, -0.2) is 41.1 Å². The van der Waals surface area contributed by atoms with Gasteiger partial charge in [-0.3, -0.25) is 9.79 Å². The molecule has 0 unspecified atom stereocenters. The van der Waals surface area contributed by atoms with E-state index in [4.69, 9.17) is 4.74 Å². The Morgan fingerprint density at radius 2 is 1.94 bits per heavy atom. The molecule has 0 fully saturated rings. The minimum Gasteiger partial charge on any atom is -0.507 e. The zero-order valence-corrected chi connectivity index (χ0v) is 18.7. The molecule has 4 rings (SSSR count). The minimum atomic E-state index is -0.0566. The number of thiazole rings is 1. The summed E-state index contributed by atoms with van der Waals surface area (Å²) in [6.45, 7) is 0.873. The van der Waals surface area contributed by atoms with Crippen molar-refractivity contribution in [3.05, 3.63) is 78.4 Å². The van der Waals surface area contributed by atoms with Crippen molar-refractivity contribution in [2.75, 3.05) is 18.9 Å². The van der Waals surface area contributed by atoms with Crippen molar-refractivity contribution in [1.29, 1.82) is 0 Å². The van der Waals surface area contributed by atoms with Gasteiger partial charge in [0.1, 0.15) is 18.1 Å². The lowest BCUT2D eigenvalue weighted by Gasteiger charge is -2.07. The van der Waals surface area contributed by atoms with E-state index < -0.39 is 0 Å². The molecule has 4 aromatic rings. The van der Waals surface area contributed by atoms with E-state index in [1.807, 2.05) is 54.6 Å². The first kappa shape index (κ1) is 21.9. The number of rotatable bonds is 9. The number of amides is 1. The summed E-state index contributed by atoms with van der Waals surface area (Å²) in [6, 6.07) is 22.3. The number of nitrogens with one attached hydrogen (secondary N) is 1. The number of aliphatic imine (C=N–C) groups is 1. The first-order valence-electron chi connectivity index (χ1n) is 9.97. The predicted molar refractivity (Wildman–Crippen MR) is 131 cm³/mol. The average molecular weight is 464 g/mol. The van der Waals surface area contributed by atoms with Gasteiger partial charge in [0.25, 0.3) is 0 Å². The van der Waals surface area contributed by atoms with E-state index in [1.54, 1.807) is 24.4 Å². The standard InChI is InChI=1S/C24H21N3O3S2/c28-21-9-5-4-6-17(21)15-26-18-10-11-20-22(14-18)32-24(27-20)31-16-23(29)25-12-13-30-19-7-2-1-3-8-19/h1-11,14-15,28H,12-13,16H2,(H,25,29). The average Bonchev–Trinajstić information content (AvgIpc) is 3.23. The minimum absolute atomic E-state index is 0.0566. The number of carbonyl (C=O) groups is 1. The normalized spacial score (nSPS) is 11.1. The number of thioether (sulfide) groups is 1. The number of hydrogen-bond acceptors (Lipinski definition) is 7. The summed E-state index contributed by atoms with van der Waals surface area (Å²) in [6.07, 6.45) is 1.64. The molecule has 32 heavy (non-hydrogen) atoms. The smallest absolute Gasteiger partial charge is 0.230 e. The van der Waals surface area contributed by atoms with Crippen LogP contribution in [-0.2, 0) is 4.79 Å². The number of fused-ring (bicyclic) bond motifs is 1. The van der Waals surface area contributed by atoms with Gasteiger partial charge in [0.05, 0.1) is 28.2 Å². The number of carbonyl (C=O) groups excluding carboxylic acids is 1. The van der Waals surface area contributed by atoms with Crippen molar-refractivity contribution >= 4 is 51.1 Å². The number of aromatic hydroxyl groups is 1. The van der Waals surface area contributed by atoms with E-state index >= 15 is 0 Å². The molecule has 162 valence electrons. The summed E-state index contributed by atoms with van der Waals surface area (Å²) < 4.78 is 7.40. The molecule has 0 atom stereocenters. The molecule has 8 heteroatoms. The van der Waals surface area contributed by atoms with Crippen LogP contribution >= 0.6 is 23.1 Å². The number of nitrogens with zero attached hydrogens (tertiary/aromatic N) is 2. The van der Waals surface area contributed by atoms with E-state index in [-0.39, 0.29) is 11.7 Å². The highest BCUT2D eigenvalue weighted by Crippen LogP contribution is 2.32. The predicted octanol–water partition coefficient (Wildman–Crippen LogP) is 5.04. The molecule has 0 aliphatic heterocycles. The highest BCUT2D eigenvalue weighted by molar-refractivity contribution is 8.01. The van der Waals surface area contributed by atoms with Crippen LogP contribution in [0.3, 0.4) is 0 Å². The largest absolute Gasteiger partial charge is 0.507 e. The van der Waals surface area contributed by atoms with Crippen molar-refractivity contribution in [3.8, 4) is 11.5 Å². The Hall–Kier alpha value is -3.36. The maximum Gasteiger partial charge on any atom is 0.230 e. The Kier molecular flexibility index (Phi) is 7.37. The van der Waals surface area contributed by atoms with Crippen molar-refractivity contribution in [1.82, 2.24) is 10.3 Å². The van der Waals surface area contributed by atoms with Crippen LogP contribution in [0, 0.1) is 0 Å². The molecule has 1 heterocycles. The van der Waals surface area contributed by atoms with Crippen molar-refractivity contribution < 1.29 is 14.6 Å². The highest BCUT2D eigenvalue weighted by Gasteiger charge is 2.08. The lowest BCUT2D eigenvalue weighted by molar-refractivity contribution is -0.118. The van der Waals surface area contributed by atoms with Crippen molar-refractivity contribution in [2.24, 2.45) is 4.99 Å². The third-order valence-corrected chi connectivity index (χ3v) is 6.57. The molecule has 6 nitrogen and oxygen atoms in total. The van der Waals surface area contributed by atoms with Crippen molar-refractivity contribution in [2.45, 2.75) is 4.34 Å². The molecule has 1 amide bonds. The fourth-order valence-electron chi connectivity index (χ4n) is 2.83. The van der Waals surface area contributed by atoms with Gasteiger partial charge in [-0.05, 0) is 42.5 Å². The van der Waals surface area contributed by atoms with Crippen LogP contribution in [0.2, 0.25) is 0 Å². The Morgan fingerprint density at radius 3 is 2.78 bits per heavy atom. The topological polar surface area (TPSA) is 83.8 Å². The van der Waals surface area contributed by atoms with Gasteiger partial charge in [0, 0.05) is 11.8 Å². The molecule has 2 N–H and O–H groups in total. The zero-order valence-electron chi connectivity index (χ0n) is 17.1. The second-order valence-electron chi connectivity index (χ2n) is 6.75. The Bertz CT molecular complexity index is 1230. The SMILES string of the molecule is O=C(CSc1nc2ccc(N=Cc3ccccc3O)cc2s1)NCCOc1ccccc1. The van der Waals surface area contributed by atoms with E-state index in [2.05, 4.69) is 15.3 Å². The molecule has 0 aliphatic carbocycles. The van der Waals surface area contributed by atoms with Crippen LogP contribution < -0.4 is 10.1 Å². The maximum absolute atomic E-state index is 12.1. The number of para-hydroxylation sites is 2. The molecule has 0 saturated carbocycles. The number of phenols is 1. The van der Waals surface area contributed by atoms with Crippen LogP contribution in [0.4, 0.5) is 5.69 Å². The number of benzene rings is 3. The third-order valence-electron chi connectivity index (χ3n) is 4.40. The first-order valence-corrected chi connectivity index (χ1v) is 11.8. The lowest BCUT2D eigenvalue weighted by atomic mass is 10.2. The van der Waals surface area contributed by atoms with Gasteiger partial charge in [-0.2, -0.15) is 0 Å². The first-order chi connectivity index (χ1) is 15.7. The van der Waals surface area contributed by atoms with Crippen LogP contribution in [0.1, 0.15) is 5.56 Å². The Labute approximate surface area is 194 Å². The second kappa shape index (κ2) is 10.8. The van der Waals surface area contributed by atoms with Gasteiger partial charge in [-0.1, -0.05) is 42.1 Å². The number of phenolic OH excluding ortho intramolecular Hbond substituents is 1. The second-order valence-corrected chi connectivity index (χ2v) is 9.00. The zero-order chi connectivity index (χ0) is 22.2. The van der Waals surface area contributed by atoms with Crippen LogP contribution in [0.25, 0.3) is 10.2 Å². The van der Waals surface area contributed by atoms with Gasteiger partial charge >= 0.3 is 0 Å². The van der Waals surface area contributed by atoms with E-state index in [0.717, 1.165) is 26.0 Å². The molecular weight excluding hydrogens is 442 g/mol. The quantitative estimate of drug-likeness (QED) is 0.206. The molecule has 0 aliphatic rings. The molecule has 0 saturated heterocycles. The van der Waals surface area contributed by atoms with Crippen LogP contribution in [0.5, 0.6) is 11.5 Å². The number of ether oxygens (including phenoxy) is 1. The monoisotopic (exact) mass is 463 g/mol. The fraction of sp³-hybridized carbons (Fsp3) is 0.125. The summed E-state index contributed by atoms with van der Waals surface area (Å²) in [4.78, 5) is 21.1. The van der Waals surface area contributed by atoms with E-state index in [1.165, 1.54) is 23.1 Å².